The quantitative estimate of drug-likeness (QED) is 0.0147. The zero-order valence-corrected chi connectivity index (χ0v) is 39.8. The standard InChI is InChI=1S/C49H87O13P/c1-3-5-7-9-11-13-15-17-19-21-23-25-27-29-31-33-35-37-42(50)59-39-41(40-60-63(57,58)62-49-47(55)45(53)44(52)46(54)48(49)56)61-43(51)38-36-34-32-30-28-26-24-22-20-18-16-14-12-10-8-6-4-2/h11,13,17-20,23,25,41,44-49,52-56H,3-10,12,14-16,21-22,24,26-40H2,1-2H3,(H,57,58)/b13-11+,19-17+,20-18+,25-23+/t41-,44?,45-,46?,47?,48?,49?/m0/s1. The molecule has 13 nitrogen and oxygen atoms in total. The van der Waals surface area contributed by atoms with E-state index in [-0.39, 0.29) is 12.8 Å². The number of esters is 2. The second-order valence-electron chi connectivity index (χ2n) is 17.0. The Bertz CT molecular complexity index is 1290. The van der Waals surface area contributed by atoms with Gasteiger partial charge < -0.3 is 39.9 Å². The lowest BCUT2D eigenvalue weighted by molar-refractivity contribution is -0.220. The summed E-state index contributed by atoms with van der Waals surface area (Å²) >= 11 is 0. The number of aliphatic hydroxyl groups is 5. The van der Waals surface area contributed by atoms with Gasteiger partial charge in [0.15, 0.2) is 6.10 Å². The number of carbonyl (C=O) groups is 2. The van der Waals surface area contributed by atoms with Crippen molar-refractivity contribution in [3.05, 3.63) is 48.6 Å². The molecule has 8 atom stereocenters. The highest BCUT2D eigenvalue weighted by Gasteiger charge is 2.51. The van der Waals surface area contributed by atoms with Gasteiger partial charge in [0.05, 0.1) is 6.61 Å². The molecule has 6 N–H and O–H groups in total. The Morgan fingerprint density at radius 3 is 1.35 bits per heavy atom. The van der Waals surface area contributed by atoms with E-state index in [1.807, 2.05) is 0 Å². The van der Waals surface area contributed by atoms with Crippen LogP contribution in [0.3, 0.4) is 0 Å². The van der Waals surface area contributed by atoms with Crippen molar-refractivity contribution in [2.75, 3.05) is 13.2 Å². The topological polar surface area (TPSA) is 210 Å². The Balaban J connectivity index is 2.46. The van der Waals surface area contributed by atoms with Crippen molar-refractivity contribution in [1.29, 1.82) is 0 Å². The number of ether oxygens (including phenoxy) is 2. The van der Waals surface area contributed by atoms with E-state index < -0.39 is 75.7 Å². The molecular weight excluding hydrogens is 827 g/mol. The van der Waals surface area contributed by atoms with Crippen molar-refractivity contribution in [2.24, 2.45) is 0 Å². The van der Waals surface area contributed by atoms with E-state index in [2.05, 4.69) is 62.5 Å². The number of rotatable bonds is 40. The fourth-order valence-corrected chi connectivity index (χ4v) is 8.14. The molecule has 0 aromatic heterocycles. The lowest BCUT2D eigenvalue weighted by Crippen LogP contribution is -2.64. The first kappa shape index (κ1) is 58.8. The van der Waals surface area contributed by atoms with Crippen molar-refractivity contribution in [2.45, 2.75) is 236 Å². The predicted octanol–water partition coefficient (Wildman–Crippen LogP) is 9.95. The highest BCUT2D eigenvalue weighted by Crippen LogP contribution is 2.47. The van der Waals surface area contributed by atoms with E-state index in [0.29, 0.717) is 12.8 Å². The Morgan fingerprint density at radius 2 is 0.857 bits per heavy atom. The lowest BCUT2D eigenvalue weighted by atomic mass is 9.85. The summed E-state index contributed by atoms with van der Waals surface area (Å²) in [6, 6.07) is 0. The predicted molar refractivity (Wildman–Crippen MR) is 249 cm³/mol. The van der Waals surface area contributed by atoms with Crippen molar-refractivity contribution in [3.8, 4) is 0 Å². The van der Waals surface area contributed by atoms with E-state index in [1.165, 1.54) is 70.6 Å². The van der Waals surface area contributed by atoms with Crippen molar-refractivity contribution in [1.82, 2.24) is 0 Å². The number of phosphoric ester groups is 1. The van der Waals surface area contributed by atoms with Gasteiger partial charge in [-0.2, -0.15) is 0 Å². The SMILES string of the molecule is CCCCC/C=C/C/C=C/C/C=C/CCCCCCC(=O)OC[C@@H](COP(=O)(O)OC1C(O)C(O)C(O)[C@H](O)C1O)OC(=O)CCCCCCCCC/C=C/CCCCCCCC. The van der Waals surface area contributed by atoms with E-state index in [4.69, 9.17) is 18.5 Å². The van der Waals surface area contributed by atoms with Crippen LogP contribution in [0.25, 0.3) is 0 Å². The zero-order chi connectivity index (χ0) is 46.4. The van der Waals surface area contributed by atoms with Crippen LogP contribution in [0.5, 0.6) is 0 Å². The molecule has 14 heteroatoms. The van der Waals surface area contributed by atoms with Gasteiger partial charge in [-0.05, 0) is 77.0 Å². The summed E-state index contributed by atoms with van der Waals surface area (Å²) in [4.78, 5) is 35.8. The summed E-state index contributed by atoms with van der Waals surface area (Å²) in [5.74, 6) is -1.13. The first-order valence-electron chi connectivity index (χ1n) is 24.4. The molecule has 0 bridgehead atoms. The number of carbonyl (C=O) groups excluding carboxylic acids is 2. The lowest BCUT2D eigenvalue weighted by Gasteiger charge is -2.41. The molecule has 366 valence electrons. The Morgan fingerprint density at radius 1 is 0.492 bits per heavy atom. The third-order valence-electron chi connectivity index (χ3n) is 11.1. The first-order chi connectivity index (χ1) is 30.4. The molecule has 0 aromatic carbocycles. The average molecular weight is 915 g/mol. The molecule has 6 unspecified atom stereocenters. The number of aliphatic hydroxyl groups excluding tert-OH is 5. The molecule has 0 saturated heterocycles. The second kappa shape index (κ2) is 39.0. The number of hydrogen-bond donors (Lipinski definition) is 6. The van der Waals surface area contributed by atoms with Gasteiger partial charge in [0.25, 0.3) is 0 Å². The maximum atomic E-state index is 12.8. The maximum Gasteiger partial charge on any atom is 0.472 e. The largest absolute Gasteiger partial charge is 0.472 e. The van der Waals surface area contributed by atoms with Gasteiger partial charge in [-0.3, -0.25) is 18.6 Å². The van der Waals surface area contributed by atoms with Crippen LogP contribution in [0.2, 0.25) is 0 Å². The van der Waals surface area contributed by atoms with Crippen molar-refractivity contribution in [3.63, 3.8) is 0 Å². The summed E-state index contributed by atoms with van der Waals surface area (Å²) in [6.45, 7) is 3.25. The second-order valence-corrected chi connectivity index (χ2v) is 18.4. The van der Waals surface area contributed by atoms with E-state index in [0.717, 1.165) is 83.5 Å². The van der Waals surface area contributed by atoms with Gasteiger partial charge >= 0.3 is 19.8 Å². The third-order valence-corrected chi connectivity index (χ3v) is 12.1. The molecule has 0 heterocycles. The molecule has 63 heavy (non-hydrogen) atoms. The highest BCUT2D eigenvalue weighted by molar-refractivity contribution is 7.47. The fourth-order valence-electron chi connectivity index (χ4n) is 7.17. The van der Waals surface area contributed by atoms with Gasteiger partial charge in [0.1, 0.15) is 43.2 Å². The van der Waals surface area contributed by atoms with Crippen LogP contribution in [0.15, 0.2) is 48.6 Å². The monoisotopic (exact) mass is 915 g/mol. The van der Waals surface area contributed by atoms with Crippen molar-refractivity contribution >= 4 is 19.8 Å². The van der Waals surface area contributed by atoms with Gasteiger partial charge in [-0.15, -0.1) is 0 Å². The van der Waals surface area contributed by atoms with E-state index in [1.54, 1.807) is 0 Å². The molecular formula is C49H87O13P. The minimum Gasteiger partial charge on any atom is -0.462 e. The first-order valence-corrected chi connectivity index (χ1v) is 25.9. The summed E-state index contributed by atoms with van der Waals surface area (Å²) in [5, 5.41) is 50.2. The van der Waals surface area contributed by atoms with Gasteiger partial charge in [0, 0.05) is 12.8 Å². The van der Waals surface area contributed by atoms with Crippen LogP contribution >= 0.6 is 7.82 Å². The van der Waals surface area contributed by atoms with E-state index in [9.17, 15) is 44.6 Å². The van der Waals surface area contributed by atoms with Gasteiger partial charge in [-0.25, -0.2) is 4.57 Å². The summed E-state index contributed by atoms with van der Waals surface area (Å²) in [7, 11) is -5.13. The summed E-state index contributed by atoms with van der Waals surface area (Å²) < 4.78 is 33.6. The van der Waals surface area contributed by atoms with Gasteiger partial charge in [-0.1, -0.05) is 152 Å². The highest BCUT2D eigenvalue weighted by atomic mass is 31.2. The summed E-state index contributed by atoms with van der Waals surface area (Å²) in [6.07, 6.45) is 33.0. The number of unbranched alkanes of at least 4 members (excludes halogenated alkanes) is 20. The average Bonchev–Trinajstić information content (AvgIpc) is 3.26. The molecule has 1 fully saturated rings. The molecule has 0 amide bonds. The number of allylic oxidation sites excluding steroid dienone is 8. The minimum absolute atomic E-state index is 0.0857. The van der Waals surface area contributed by atoms with Crippen LogP contribution in [0.4, 0.5) is 0 Å². The van der Waals surface area contributed by atoms with Crippen LogP contribution in [-0.2, 0) is 32.7 Å². The Labute approximate surface area is 380 Å². The Hall–Kier alpha value is -2.19. The minimum atomic E-state index is -5.13. The number of phosphoric acid groups is 1. The molecule has 1 saturated carbocycles. The maximum absolute atomic E-state index is 12.8. The van der Waals surface area contributed by atoms with Crippen LogP contribution in [0, 0.1) is 0 Å². The fraction of sp³-hybridized carbons (Fsp3) is 0.796. The molecule has 0 spiro atoms. The normalized spacial score (nSPS) is 22.1. The Kier molecular flexibility index (Phi) is 36.4. The van der Waals surface area contributed by atoms with Crippen LogP contribution in [0.1, 0.15) is 194 Å². The molecule has 0 aliphatic heterocycles. The van der Waals surface area contributed by atoms with Crippen LogP contribution in [-0.4, -0.2) is 98.3 Å². The van der Waals surface area contributed by atoms with Gasteiger partial charge in [0.2, 0.25) is 0 Å². The molecule has 1 aliphatic carbocycles. The molecule has 0 radical (unpaired) electrons. The number of hydrogen-bond acceptors (Lipinski definition) is 12. The van der Waals surface area contributed by atoms with Crippen LogP contribution < -0.4 is 0 Å². The third kappa shape index (κ3) is 31.4. The summed E-state index contributed by atoms with van der Waals surface area (Å²) in [5.41, 5.74) is 0. The molecule has 1 aliphatic rings. The molecule has 0 aromatic rings. The van der Waals surface area contributed by atoms with Crippen molar-refractivity contribution < 1.29 is 63.1 Å². The molecule has 1 rings (SSSR count). The zero-order valence-electron chi connectivity index (χ0n) is 38.9. The smallest absolute Gasteiger partial charge is 0.462 e. The van der Waals surface area contributed by atoms with E-state index >= 15 is 0 Å².